The third-order valence-corrected chi connectivity index (χ3v) is 6.66. The number of ether oxygens (including phenoxy) is 1. The number of carbonyl (C=O) groups excluding carboxylic acids is 3. The van der Waals surface area contributed by atoms with Crippen molar-refractivity contribution in [2.75, 3.05) is 17.7 Å². The molecule has 11 nitrogen and oxygen atoms in total. The van der Waals surface area contributed by atoms with E-state index in [1.165, 1.54) is 0 Å². The fourth-order valence-corrected chi connectivity index (χ4v) is 4.76. The summed E-state index contributed by atoms with van der Waals surface area (Å²) in [4.78, 5) is 48.5. The molecule has 0 spiro atoms. The van der Waals surface area contributed by atoms with Gasteiger partial charge in [0.15, 0.2) is 11.5 Å². The second-order valence-corrected chi connectivity index (χ2v) is 11.2. The molecule has 0 saturated carbocycles. The molecule has 0 radical (unpaired) electrons. The molecule has 3 amide bonds. The van der Waals surface area contributed by atoms with Crippen LogP contribution in [0.4, 0.5) is 10.6 Å². The van der Waals surface area contributed by atoms with Gasteiger partial charge in [-0.25, -0.2) is 19.4 Å². The van der Waals surface area contributed by atoms with Crippen molar-refractivity contribution in [3.63, 3.8) is 0 Å². The Labute approximate surface area is 234 Å². The minimum Gasteiger partial charge on any atom is -0.444 e. The number of nitrogen functional groups attached to an aromatic ring is 1. The van der Waals surface area contributed by atoms with Crippen LogP contribution in [0.3, 0.4) is 0 Å². The van der Waals surface area contributed by atoms with Gasteiger partial charge in [-0.3, -0.25) is 14.5 Å². The number of imidazole rings is 1. The first kappa shape index (κ1) is 27.4. The van der Waals surface area contributed by atoms with Gasteiger partial charge < -0.3 is 21.6 Å². The van der Waals surface area contributed by atoms with Gasteiger partial charge in [-0.2, -0.15) is 0 Å². The lowest BCUT2D eigenvalue weighted by atomic mass is 10.0. The number of aromatic nitrogens is 3. The SMILES string of the molecule is CC(C)(C)OC(=O)N1CCCC[C@H]1c1nc(-c2ccc(C(=O)Nc3cc(I)ccn3)cc2)c(C(N)=O)n1N. The van der Waals surface area contributed by atoms with Crippen LogP contribution in [-0.2, 0) is 4.74 Å². The number of carbonyl (C=O) groups is 3. The molecule has 0 aliphatic carbocycles. The zero-order chi connectivity index (χ0) is 27.6. The van der Waals surface area contributed by atoms with E-state index in [4.69, 9.17) is 16.3 Å². The topological polar surface area (TPSA) is 158 Å². The van der Waals surface area contributed by atoms with Gasteiger partial charge in [-0.1, -0.05) is 12.1 Å². The molecular weight excluding hydrogens is 601 g/mol. The lowest BCUT2D eigenvalue weighted by molar-refractivity contribution is 0.00821. The van der Waals surface area contributed by atoms with E-state index >= 15 is 0 Å². The van der Waals surface area contributed by atoms with E-state index in [1.54, 1.807) is 62.2 Å². The number of hydrogen-bond acceptors (Lipinski definition) is 7. The van der Waals surface area contributed by atoms with Crippen molar-refractivity contribution in [1.82, 2.24) is 19.5 Å². The normalized spacial score (nSPS) is 15.7. The Morgan fingerprint density at radius 1 is 1.13 bits per heavy atom. The monoisotopic (exact) mass is 631 g/mol. The predicted molar refractivity (Wildman–Crippen MR) is 151 cm³/mol. The first-order valence-corrected chi connectivity index (χ1v) is 13.2. The van der Waals surface area contributed by atoms with E-state index in [0.29, 0.717) is 35.7 Å². The molecule has 0 unspecified atom stereocenters. The molecule has 1 aromatic carbocycles. The molecule has 5 N–H and O–H groups in total. The summed E-state index contributed by atoms with van der Waals surface area (Å²) in [6.07, 6.45) is 3.43. The van der Waals surface area contributed by atoms with Gasteiger partial charge in [-0.15, -0.1) is 0 Å². The lowest BCUT2D eigenvalue weighted by Gasteiger charge is -2.36. The Morgan fingerprint density at radius 3 is 2.47 bits per heavy atom. The second-order valence-electron chi connectivity index (χ2n) is 9.98. The summed E-state index contributed by atoms with van der Waals surface area (Å²) >= 11 is 2.14. The Bertz CT molecular complexity index is 1360. The third-order valence-electron chi connectivity index (χ3n) is 5.98. The molecule has 1 fully saturated rings. The Hall–Kier alpha value is -3.68. The van der Waals surface area contributed by atoms with Crippen molar-refractivity contribution in [2.45, 2.75) is 51.7 Å². The average molecular weight is 631 g/mol. The number of nitrogens with two attached hydrogens (primary N) is 2. The number of nitrogens with one attached hydrogen (secondary N) is 1. The summed E-state index contributed by atoms with van der Waals surface area (Å²) in [5.74, 6) is 6.03. The number of halogens is 1. The number of likely N-dealkylation sites (tertiary alicyclic amines) is 1. The second kappa shape index (κ2) is 11.0. The van der Waals surface area contributed by atoms with Crippen LogP contribution in [0.1, 0.15) is 72.7 Å². The van der Waals surface area contributed by atoms with Gasteiger partial charge in [-0.05, 0) is 86.9 Å². The van der Waals surface area contributed by atoms with Crippen LogP contribution in [0.15, 0.2) is 42.6 Å². The summed E-state index contributed by atoms with van der Waals surface area (Å²) in [7, 11) is 0. The van der Waals surface area contributed by atoms with Crippen molar-refractivity contribution >= 4 is 46.3 Å². The molecule has 4 rings (SSSR count). The largest absolute Gasteiger partial charge is 0.444 e. The number of benzene rings is 1. The van der Waals surface area contributed by atoms with Crippen LogP contribution in [0.2, 0.25) is 0 Å². The highest BCUT2D eigenvalue weighted by Gasteiger charge is 2.36. The molecule has 200 valence electrons. The van der Waals surface area contributed by atoms with Gasteiger partial charge in [0.05, 0.1) is 6.04 Å². The molecule has 1 atom stereocenters. The number of amides is 3. The maximum Gasteiger partial charge on any atom is 0.410 e. The first-order chi connectivity index (χ1) is 17.9. The Balaban J connectivity index is 1.64. The van der Waals surface area contributed by atoms with E-state index in [9.17, 15) is 14.4 Å². The van der Waals surface area contributed by atoms with Crippen LogP contribution in [0.5, 0.6) is 0 Å². The molecule has 1 aliphatic heterocycles. The number of pyridine rings is 1. The van der Waals surface area contributed by atoms with Gasteiger partial charge in [0, 0.05) is 27.4 Å². The molecule has 1 saturated heterocycles. The zero-order valence-electron chi connectivity index (χ0n) is 21.4. The van der Waals surface area contributed by atoms with Crippen LogP contribution in [0, 0.1) is 3.57 Å². The number of piperidine rings is 1. The highest BCUT2D eigenvalue weighted by Crippen LogP contribution is 2.34. The summed E-state index contributed by atoms with van der Waals surface area (Å²) in [5.41, 5.74) is 6.26. The molecule has 38 heavy (non-hydrogen) atoms. The van der Waals surface area contributed by atoms with E-state index < -0.39 is 23.6 Å². The molecule has 2 aromatic heterocycles. The van der Waals surface area contributed by atoms with Crippen LogP contribution in [0.25, 0.3) is 11.3 Å². The third kappa shape index (κ3) is 6.06. The van der Waals surface area contributed by atoms with Gasteiger partial charge in [0.2, 0.25) is 0 Å². The fraction of sp³-hybridized carbons (Fsp3) is 0.346. The summed E-state index contributed by atoms with van der Waals surface area (Å²) in [5, 5.41) is 2.76. The van der Waals surface area contributed by atoms with Crippen LogP contribution >= 0.6 is 22.6 Å². The molecule has 12 heteroatoms. The molecule has 3 aromatic rings. The van der Waals surface area contributed by atoms with Crippen LogP contribution < -0.4 is 16.9 Å². The highest BCUT2D eigenvalue weighted by molar-refractivity contribution is 14.1. The maximum atomic E-state index is 12.9. The minimum absolute atomic E-state index is 0.00924. The maximum absolute atomic E-state index is 12.9. The number of primary amides is 1. The molecular formula is C26H30IN7O4. The Morgan fingerprint density at radius 2 is 1.84 bits per heavy atom. The van der Waals surface area contributed by atoms with Crippen molar-refractivity contribution in [1.29, 1.82) is 0 Å². The summed E-state index contributed by atoms with van der Waals surface area (Å²) in [6, 6.07) is 9.67. The standard InChI is InChI=1S/C26H30IN7O4/c1-26(2,3)38-25(37)33-13-5-4-6-18(33)23-32-20(21(22(28)35)34(23)29)15-7-9-16(10-8-15)24(36)31-19-14-17(27)11-12-30-19/h7-12,14,18H,4-6,13,29H2,1-3H3,(H2,28,35)(H,30,31,36)/t18-/m0/s1. The fourth-order valence-electron chi connectivity index (χ4n) is 4.30. The van der Waals surface area contributed by atoms with Crippen molar-refractivity contribution < 1.29 is 19.1 Å². The smallest absolute Gasteiger partial charge is 0.410 e. The van der Waals surface area contributed by atoms with Crippen molar-refractivity contribution in [2.24, 2.45) is 5.73 Å². The van der Waals surface area contributed by atoms with Crippen molar-refractivity contribution in [3.8, 4) is 11.3 Å². The van der Waals surface area contributed by atoms with E-state index in [1.807, 2.05) is 6.07 Å². The molecule has 1 aliphatic rings. The molecule has 0 bridgehead atoms. The minimum atomic E-state index is -0.757. The van der Waals surface area contributed by atoms with Gasteiger partial charge in [0.25, 0.3) is 11.8 Å². The van der Waals surface area contributed by atoms with Crippen LogP contribution in [-0.4, -0.2) is 49.6 Å². The van der Waals surface area contributed by atoms with E-state index in [2.05, 4.69) is 37.9 Å². The van der Waals surface area contributed by atoms with Gasteiger partial charge >= 0.3 is 6.09 Å². The first-order valence-electron chi connectivity index (χ1n) is 12.1. The quantitative estimate of drug-likeness (QED) is 0.283. The van der Waals surface area contributed by atoms with Crippen molar-refractivity contribution in [3.05, 3.63) is 63.2 Å². The number of hydrogen-bond donors (Lipinski definition) is 3. The average Bonchev–Trinajstić information content (AvgIpc) is 3.20. The summed E-state index contributed by atoms with van der Waals surface area (Å²) < 4.78 is 7.70. The van der Waals surface area contributed by atoms with E-state index in [0.717, 1.165) is 21.1 Å². The predicted octanol–water partition coefficient (Wildman–Crippen LogP) is 4.08. The molecule has 3 heterocycles. The highest BCUT2D eigenvalue weighted by atomic mass is 127. The Kier molecular flexibility index (Phi) is 7.90. The number of rotatable bonds is 5. The van der Waals surface area contributed by atoms with Gasteiger partial charge in [0.1, 0.15) is 17.1 Å². The lowest BCUT2D eigenvalue weighted by Crippen LogP contribution is -2.43. The summed E-state index contributed by atoms with van der Waals surface area (Å²) in [6.45, 7) is 5.89. The van der Waals surface area contributed by atoms with E-state index in [-0.39, 0.29) is 17.3 Å². The number of anilines is 1. The number of nitrogens with zero attached hydrogens (tertiary/aromatic N) is 4. The zero-order valence-corrected chi connectivity index (χ0v) is 23.6.